The lowest BCUT2D eigenvalue weighted by Crippen LogP contribution is -2.25. The summed E-state index contributed by atoms with van der Waals surface area (Å²) in [4.78, 5) is 23.1. The zero-order chi connectivity index (χ0) is 20.4. The molecule has 1 aliphatic rings. The monoisotopic (exact) mass is 365 g/mol. The van der Waals surface area contributed by atoms with Gasteiger partial charge in [-0.2, -0.15) is 0 Å². The topological polar surface area (TPSA) is 46.1 Å². The third-order valence-corrected chi connectivity index (χ3v) is 4.03. The Kier molecular flexibility index (Phi) is 9.14. The molecule has 4 heteroatoms. The first-order valence-corrected chi connectivity index (χ1v) is 9.83. The number of likely N-dealkylation sites (N-methyl/N-ethyl adjacent to an activating group) is 1. The molecule has 2 aromatic carbocycles. The van der Waals surface area contributed by atoms with Gasteiger partial charge in [0.1, 0.15) is 12.2 Å². The molecular weight excluding hydrogens is 334 g/mol. The Morgan fingerprint density at radius 3 is 2.11 bits per heavy atom. The molecule has 0 spiro atoms. The van der Waals surface area contributed by atoms with Crippen LogP contribution >= 0.6 is 0 Å². The molecule has 3 aromatic rings. The van der Waals surface area contributed by atoms with Crippen LogP contribution in [0, 0.1) is 0 Å². The van der Waals surface area contributed by atoms with E-state index in [2.05, 4.69) is 9.97 Å². The molecule has 0 saturated carbocycles. The van der Waals surface area contributed by atoms with E-state index in [0.29, 0.717) is 0 Å². The van der Waals surface area contributed by atoms with Gasteiger partial charge in [-0.25, -0.2) is 9.97 Å². The summed E-state index contributed by atoms with van der Waals surface area (Å²) in [6, 6.07) is 15.7. The van der Waals surface area contributed by atoms with E-state index < -0.39 is 0 Å². The third-order valence-electron chi connectivity index (χ3n) is 4.03. The molecule has 1 amide bonds. The molecule has 2 heterocycles. The number of nitrogens with zero attached hydrogens (tertiary/aromatic N) is 3. The van der Waals surface area contributed by atoms with Crippen molar-refractivity contribution >= 4 is 22.5 Å². The van der Waals surface area contributed by atoms with Crippen LogP contribution in [0.1, 0.15) is 58.7 Å². The largest absolute Gasteiger partial charge is 0.314 e. The summed E-state index contributed by atoms with van der Waals surface area (Å²) in [7, 11) is 1.81. The Hall–Kier alpha value is -2.75. The van der Waals surface area contributed by atoms with Crippen molar-refractivity contribution in [2.45, 2.75) is 47.5 Å². The second-order valence-corrected chi connectivity index (χ2v) is 5.17. The van der Waals surface area contributed by atoms with E-state index in [1.54, 1.807) is 4.90 Å². The molecule has 0 radical (unpaired) electrons. The van der Waals surface area contributed by atoms with Gasteiger partial charge in [0, 0.05) is 18.1 Å². The average molecular weight is 366 g/mol. The predicted octanol–water partition coefficient (Wildman–Crippen LogP) is 5.82. The maximum absolute atomic E-state index is 12.7. The van der Waals surface area contributed by atoms with Crippen molar-refractivity contribution in [2.75, 3.05) is 11.9 Å². The Morgan fingerprint density at radius 2 is 1.41 bits per heavy atom. The molecule has 0 saturated heterocycles. The Balaban J connectivity index is 0.000000556. The van der Waals surface area contributed by atoms with Gasteiger partial charge in [0.05, 0.1) is 11.2 Å². The molecule has 144 valence electrons. The average Bonchev–Trinajstić information content (AvgIpc) is 3.02. The van der Waals surface area contributed by atoms with Gasteiger partial charge >= 0.3 is 0 Å². The van der Waals surface area contributed by atoms with Crippen molar-refractivity contribution in [1.82, 2.24) is 9.97 Å². The van der Waals surface area contributed by atoms with Crippen molar-refractivity contribution in [3.05, 3.63) is 66.1 Å². The van der Waals surface area contributed by atoms with E-state index in [9.17, 15) is 4.79 Å². The summed E-state index contributed by atoms with van der Waals surface area (Å²) in [6.07, 6.45) is 1.53. The van der Waals surface area contributed by atoms with Crippen LogP contribution in [0.5, 0.6) is 0 Å². The lowest BCUT2D eigenvalue weighted by molar-refractivity contribution is -0.118. The molecule has 0 N–H and O–H groups in total. The Morgan fingerprint density at radius 1 is 0.815 bits per heavy atom. The Labute approximate surface area is 163 Å². The number of anilines is 1. The second-order valence-electron chi connectivity index (χ2n) is 5.17. The smallest absolute Gasteiger partial charge is 0.240 e. The number of aromatic nitrogens is 2. The normalized spacial score (nSPS) is 14.1. The molecule has 27 heavy (non-hydrogen) atoms. The number of fused-ring (bicyclic) bond motifs is 2. The van der Waals surface area contributed by atoms with Gasteiger partial charge in [-0.05, 0) is 17.7 Å². The number of hydrogen-bond acceptors (Lipinski definition) is 3. The minimum Gasteiger partial charge on any atom is -0.314 e. The van der Waals surface area contributed by atoms with Gasteiger partial charge in [0.2, 0.25) is 5.91 Å². The summed E-state index contributed by atoms with van der Waals surface area (Å²) >= 11 is 0. The van der Waals surface area contributed by atoms with Gasteiger partial charge in [-0.3, -0.25) is 4.79 Å². The number of para-hydroxylation sites is 2. The van der Waals surface area contributed by atoms with Crippen molar-refractivity contribution in [2.24, 2.45) is 0 Å². The van der Waals surface area contributed by atoms with Crippen molar-refractivity contribution in [3.63, 3.8) is 0 Å². The summed E-state index contributed by atoms with van der Waals surface area (Å²) in [5.74, 6) is -0.292. The molecule has 1 unspecified atom stereocenters. The number of carbonyl (C=O) groups is 1. The maximum Gasteiger partial charge on any atom is 0.240 e. The van der Waals surface area contributed by atoms with Gasteiger partial charge in [-0.1, -0.05) is 77.9 Å². The minimum absolute atomic E-state index is 0.0556. The lowest BCUT2D eigenvalue weighted by atomic mass is 9.94. The van der Waals surface area contributed by atoms with Gasteiger partial charge in [0.25, 0.3) is 0 Å². The fraction of sp³-hybridized carbons (Fsp3) is 0.348. The van der Waals surface area contributed by atoms with Crippen LogP contribution < -0.4 is 4.90 Å². The quantitative estimate of drug-likeness (QED) is 0.546. The number of benzene rings is 2. The molecule has 0 aliphatic carbocycles. The first kappa shape index (κ1) is 22.3. The highest BCUT2D eigenvalue weighted by molar-refractivity contribution is 6.08. The summed E-state index contributed by atoms with van der Waals surface area (Å²) < 4.78 is 0. The van der Waals surface area contributed by atoms with Crippen LogP contribution in [0.4, 0.5) is 5.69 Å². The van der Waals surface area contributed by atoms with Crippen LogP contribution in [-0.4, -0.2) is 22.9 Å². The lowest BCUT2D eigenvalue weighted by Gasteiger charge is -2.12. The highest BCUT2D eigenvalue weighted by Crippen LogP contribution is 2.41. The maximum atomic E-state index is 12.7. The van der Waals surface area contributed by atoms with Crippen molar-refractivity contribution < 1.29 is 4.79 Å². The summed E-state index contributed by atoms with van der Waals surface area (Å²) in [5, 5.41) is 0.934. The SMILES string of the molecule is CC.CC.CC.CN1C(=O)C(c2ncnc3ccccc23)c2ccccc21. The first-order chi connectivity index (χ1) is 13.3. The molecule has 1 aromatic heterocycles. The van der Waals surface area contributed by atoms with E-state index >= 15 is 0 Å². The van der Waals surface area contributed by atoms with Crippen LogP contribution in [0.25, 0.3) is 10.9 Å². The van der Waals surface area contributed by atoms with E-state index in [1.807, 2.05) is 97.1 Å². The Bertz CT molecular complexity index is 856. The second kappa shape index (κ2) is 11.1. The minimum atomic E-state index is -0.348. The van der Waals surface area contributed by atoms with E-state index in [1.165, 1.54) is 6.33 Å². The highest BCUT2D eigenvalue weighted by Gasteiger charge is 2.37. The molecule has 0 bridgehead atoms. The first-order valence-electron chi connectivity index (χ1n) is 9.83. The fourth-order valence-electron chi connectivity index (χ4n) is 3.00. The van der Waals surface area contributed by atoms with E-state index in [4.69, 9.17) is 0 Å². The standard InChI is InChI=1S/C17H13N3O.3C2H6/c1-20-14-9-5-3-7-12(14)15(17(20)21)16-11-6-2-4-8-13(11)18-10-19-16;3*1-2/h2-10,15H,1H3;3*1-2H3. The van der Waals surface area contributed by atoms with Crippen molar-refractivity contribution in [1.29, 1.82) is 0 Å². The number of hydrogen-bond donors (Lipinski definition) is 0. The molecule has 0 fully saturated rings. The van der Waals surface area contributed by atoms with Gasteiger partial charge in [-0.15, -0.1) is 0 Å². The number of carbonyl (C=O) groups excluding carboxylic acids is 1. The van der Waals surface area contributed by atoms with Crippen molar-refractivity contribution in [3.8, 4) is 0 Å². The number of rotatable bonds is 1. The molecule has 1 atom stereocenters. The zero-order valence-corrected chi connectivity index (χ0v) is 17.5. The predicted molar refractivity (Wildman–Crippen MR) is 115 cm³/mol. The molecule has 1 aliphatic heterocycles. The summed E-state index contributed by atoms with van der Waals surface area (Å²) in [6.45, 7) is 12.0. The fourth-order valence-corrected chi connectivity index (χ4v) is 3.00. The number of amides is 1. The van der Waals surface area contributed by atoms with E-state index in [-0.39, 0.29) is 11.8 Å². The van der Waals surface area contributed by atoms with E-state index in [0.717, 1.165) is 27.8 Å². The molecular formula is C23H31N3O. The van der Waals surface area contributed by atoms with Crippen LogP contribution in [0.2, 0.25) is 0 Å². The zero-order valence-electron chi connectivity index (χ0n) is 17.5. The van der Waals surface area contributed by atoms with Crippen LogP contribution in [0.3, 0.4) is 0 Å². The third kappa shape index (κ3) is 4.33. The molecule has 4 rings (SSSR count). The molecule has 4 nitrogen and oxygen atoms in total. The van der Waals surface area contributed by atoms with Gasteiger partial charge in [0.15, 0.2) is 0 Å². The van der Waals surface area contributed by atoms with Crippen LogP contribution in [-0.2, 0) is 4.79 Å². The summed E-state index contributed by atoms with van der Waals surface area (Å²) in [5.41, 5.74) is 3.61. The van der Waals surface area contributed by atoms with Gasteiger partial charge < -0.3 is 4.90 Å². The van der Waals surface area contributed by atoms with Crippen LogP contribution in [0.15, 0.2) is 54.9 Å². The highest BCUT2D eigenvalue weighted by atomic mass is 16.2.